The molecule has 0 bridgehead atoms. The van der Waals surface area contributed by atoms with Gasteiger partial charge in [0, 0.05) is 11.1 Å². The van der Waals surface area contributed by atoms with Crippen LogP contribution in [0, 0.1) is 0 Å². The fraction of sp³-hybridized carbons (Fsp3) is 0.667. The second kappa shape index (κ2) is 5.40. The minimum absolute atomic E-state index is 0.0376. The van der Waals surface area contributed by atoms with Crippen LogP contribution in [0.5, 0.6) is 0 Å². The first-order valence-corrected chi connectivity index (χ1v) is 8.50. The number of hydrogen-bond acceptors (Lipinski definition) is 6. The summed E-state index contributed by atoms with van der Waals surface area (Å²) in [6, 6.07) is 0. The molecule has 0 aliphatic heterocycles. The van der Waals surface area contributed by atoms with E-state index in [1.54, 1.807) is 34.2 Å². The van der Waals surface area contributed by atoms with Crippen molar-refractivity contribution >= 4 is 21.6 Å². The number of nitrogens with zero attached hydrogens (tertiary/aromatic N) is 6. The van der Waals surface area contributed by atoms with Crippen LogP contribution in [0.4, 0.5) is 0 Å². The molecular weight excluding hydrogens is 292 g/mol. The van der Waals surface area contributed by atoms with E-state index in [0.29, 0.717) is 0 Å². The molecule has 0 saturated heterocycles. The van der Waals surface area contributed by atoms with Gasteiger partial charge in [0.05, 0.1) is 0 Å². The molecular formula is C12H20N6S2. The van der Waals surface area contributed by atoms with E-state index < -0.39 is 0 Å². The molecule has 0 radical (unpaired) electrons. The molecule has 110 valence electrons. The Labute approximate surface area is 127 Å². The smallest absolute Gasteiger partial charge is 0.202 e. The maximum Gasteiger partial charge on any atom is 0.202 e. The summed E-state index contributed by atoms with van der Waals surface area (Å²) in [6.07, 6.45) is 3.52. The largest absolute Gasteiger partial charge is 0.303 e. The highest BCUT2D eigenvalue weighted by molar-refractivity contribution is 8.76. The van der Waals surface area contributed by atoms with Gasteiger partial charge in [-0.15, -0.1) is 20.4 Å². The molecule has 0 aliphatic rings. The zero-order valence-electron chi connectivity index (χ0n) is 12.7. The molecule has 0 amide bonds. The van der Waals surface area contributed by atoms with Gasteiger partial charge in [-0.3, -0.25) is 0 Å². The van der Waals surface area contributed by atoms with Crippen LogP contribution in [0.2, 0.25) is 0 Å². The van der Waals surface area contributed by atoms with E-state index in [1.807, 2.05) is 0 Å². The quantitative estimate of drug-likeness (QED) is 0.811. The van der Waals surface area contributed by atoms with E-state index in [1.165, 1.54) is 0 Å². The Morgan fingerprint density at radius 1 is 0.750 bits per heavy atom. The summed E-state index contributed by atoms with van der Waals surface area (Å²) in [6.45, 7) is 12.8. The highest BCUT2D eigenvalue weighted by atomic mass is 33.1. The van der Waals surface area contributed by atoms with Crippen LogP contribution >= 0.6 is 21.6 Å². The van der Waals surface area contributed by atoms with Crippen molar-refractivity contribution < 1.29 is 0 Å². The van der Waals surface area contributed by atoms with Gasteiger partial charge in [-0.2, -0.15) is 0 Å². The lowest BCUT2D eigenvalue weighted by molar-refractivity contribution is 0.366. The normalized spacial score (nSPS) is 12.9. The summed E-state index contributed by atoms with van der Waals surface area (Å²) < 4.78 is 4.12. The summed E-state index contributed by atoms with van der Waals surface area (Å²) in [5.41, 5.74) is -0.0752. The van der Waals surface area contributed by atoms with Gasteiger partial charge >= 0.3 is 0 Å². The fourth-order valence-electron chi connectivity index (χ4n) is 1.56. The molecule has 2 rings (SSSR count). The second-order valence-electron chi connectivity index (χ2n) is 6.48. The molecule has 2 heterocycles. The van der Waals surface area contributed by atoms with Crippen LogP contribution < -0.4 is 0 Å². The molecule has 0 aliphatic carbocycles. The molecule has 0 fully saturated rings. The van der Waals surface area contributed by atoms with E-state index in [9.17, 15) is 0 Å². The van der Waals surface area contributed by atoms with Gasteiger partial charge in [-0.1, -0.05) is 0 Å². The third kappa shape index (κ3) is 3.35. The van der Waals surface area contributed by atoms with Crippen molar-refractivity contribution in [2.75, 3.05) is 0 Å². The van der Waals surface area contributed by atoms with Crippen molar-refractivity contribution in [3.05, 3.63) is 12.7 Å². The maximum absolute atomic E-state index is 4.17. The molecule has 20 heavy (non-hydrogen) atoms. The number of rotatable bonds is 3. The molecule has 0 aromatic carbocycles. The van der Waals surface area contributed by atoms with Crippen molar-refractivity contribution in [2.24, 2.45) is 0 Å². The summed E-state index contributed by atoms with van der Waals surface area (Å²) in [7, 11) is 3.10. The van der Waals surface area contributed by atoms with Gasteiger partial charge < -0.3 is 9.13 Å². The van der Waals surface area contributed by atoms with E-state index >= 15 is 0 Å². The van der Waals surface area contributed by atoms with Gasteiger partial charge in [-0.05, 0) is 63.1 Å². The van der Waals surface area contributed by atoms with Crippen LogP contribution in [-0.4, -0.2) is 29.5 Å². The number of hydrogen-bond donors (Lipinski definition) is 0. The highest BCUT2D eigenvalue weighted by Gasteiger charge is 2.21. The highest BCUT2D eigenvalue weighted by Crippen LogP contribution is 2.37. The Morgan fingerprint density at radius 2 is 1.10 bits per heavy atom. The van der Waals surface area contributed by atoms with Crippen molar-refractivity contribution in [3.63, 3.8) is 0 Å². The van der Waals surface area contributed by atoms with Gasteiger partial charge in [0.15, 0.2) is 0 Å². The lowest BCUT2D eigenvalue weighted by Gasteiger charge is -2.23. The first-order chi connectivity index (χ1) is 9.19. The van der Waals surface area contributed by atoms with Gasteiger partial charge in [0.2, 0.25) is 10.3 Å². The molecule has 8 heteroatoms. The second-order valence-corrected chi connectivity index (χ2v) is 8.54. The Morgan fingerprint density at radius 3 is 1.40 bits per heavy atom. The van der Waals surface area contributed by atoms with E-state index in [0.717, 1.165) is 10.3 Å². The zero-order chi connectivity index (χ0) is 15.0. The molecule has 0 unspecified atom stereocenters. The summed E-state index contributed by atoms with van der Waals surface area (Å²) in [5.74, 6) is 0. The molecule has 2 aromatic rings. The molecule has 6 nitrogen and oxygen atoms in total. The van der Waals surface area contributed by atoms with Crippen molar-refractivity contribution in [2.45, 2.75) is 62.9 Å². The first kappa shape index (κ1) is 15.4. The Hall–Kier alpha value is -1.02. The van der Waals surface area contributed by atoms with Crippen LogP contribution in [0.3, 0.4) is 0 Å². The van der Waals surface area contributed by atoms with Crippen molar-refractivity contribution in [1.29, 1.82) is 0 Å². The van der Waals surface area contributed by atoms with E-state index in [2.05, 4.69) is 71.1 Å². The topological polar surface area (TPSA) is 61.4 Å². The SMILES string of the molecule is CC(C)(C)n1cnnc1SSc1nncn1C(C)(C)C. The van der Waals surface area contributed by atoms with Gasteiger partial charge in [0.1, 0.15) is 12.7 Å². The first-order valence-electron chi connectivity index (χ1n) is 6.35. The van der Waals surface area contributed by atoms with Crippen molar-refractivity contribution in [3.8, 4) is 0 Å². The molecule has 2 aromatic heterocycles. The lowest BCUT2D eigenvalue weighted by Crippen LogP contribution is -2.22. The molecule has 0 spiro atoms. The van der Waals surface area contributed by atoms with Crippen LogP contribution in [-0.2, 0) is 11.1 Å². The zero-order valence-corrected chi connectivity index (χ0v) is 14.3. The van der Waals surface area contributed by atoms with Crippen LogP contribution in [0.15, 0.2) is 23.0 Å². The monoisotopic (exact) mass is 312 g/mol. The molecule has 0 N–H and O–H groups in total. The minimum atomic E-state index is -0.0376. The third-order valence-electron chi connectivity index (χ3n) is 2.67. The van der Waals surface area contributed by atoms with Gasteiger partial charge in [0.25, 0.3) is 0 Å². The lowest BCUT2D eigenvalue weighted by atomic mass is 10.1. The van der Waals surface area contributed by atoms with Crippen LogP contribution in [0.25, 0.3) is 0 Å². The summed E-state index contributed by atoms with van der Waals surface area (Å²) in [4.78, 5) is 0. The Bertz CT molecular complexity index is 523. The fourth-order valence-corrected chi connectivity index (χ4v) is 3.80. The molecule has 0 atom stereocenters. The van der Waals surface area contributed by atoms with Crippen LogP contribution in [0.1, 0.15) is 41.5 Å². The Kier molecular flexibility index (Phi) is 4.15. The third-order valence-corrected chi connectivity index (χ3v) is 4.75. The van der Waals surface area contributed by atoms with E-state index in [-0.39, 0.29) is 11.1 Å². The predicted octanol–water partition coefficient (Wildman–Crippen LogP) is 3.18. The van der Waals surface area contributed by atoms with Crippen molar-refractivity contribution in [1.82, 2.24) is 29.5 Å². The average molecular weight is 312 g/mol. The minimum Gasteiger partial charge on any atom is -0.303 e. The molecule has 0 saturated carbocycles. The standard InChI is InChI=1S/C12H20N6S2/c1-11(2,3)17-7-13-15-9(17)19-20-10-16-14-8-18(10)12(4,5)6/h7-8H,1-6H3. The maximum atomic E-state index is 4.17. The van der Waals surface area contributed by atoms with E-state index in [4.69, 9.17) is 0 Å². The van der Waals surface area contributed by atoms with Gasteiger partial charge in [-0.25, -0.2) is 0 Å². The summed E-state index contributed by atoms with van der Waals surface area (Å²) in [5, 5.41) is 18.1. The predicted molar refractivity (Wildman–Crippen MR) is 81.8 cm³/mol. The average Bonchev–Trinajstić information content (AvgIpc) is 2.93. The number of aromatic nitrogens is 6. The Balaban J connectivity index is 2.15. The summed E-state index contributed by atoms with van der Waals surface area (Å²) >= 11 is 0.